The summed E-state index contributed by atoms with van der Waals surface area (Å²) in [6, 6.07) is -0.331. The molecule has 2 aliphatic rings. The smallest absolute Gasteiger partial charge is 0.411 e. The monoisotopic (exact) mass is 516 g/mol. The van der Waals surface area contributed by atoms with Crippen molar-refractivity contribution in [3.8, 4) is 5.88 Å². The number of thioether (sulfide) groups is 1. The SMILES string of the molecule is [2H]C([2H])([2H])OC[C@]12CC[C@H](CN(c3nc(SC)nc4c(F)c(Cl)nc(OC)c34)C1)N2C(=O)OC(C)(C)C. The van der Waals surface area contributed by atoms with E-state index in [9.17, 15) is 4.79 Å². The number of methoxy groups -OCH3 is 2. The van der Waals surface area contributed by atoms with Crippen LogP contribution in [0.5, 0.6) is 5.88 Å². The average Bonchev–Trinajstić information content (AvgIpc) is 3.04. The van der Waals surface area contributed by atoms with E-state index in [2.05, 4.69) is 15.0 Å². The second kappa shape index (κ2) is 9.16. The van der Waals surface area contributed by atoms with Gasteiger partial charge in [0.05, 0.1) is 29.4 Å². The van der Waals surface area contributed by atoms with Crippen molar-refractivity contribution in [3.05, 3.63) is 11.0 Å². The molecule has 4 rings (SSSR count). The number of anilines is 1. The molecule has 0 spiro atoms. The molecule has 2 fully saturated rings. The van der Waals surface area contributed by atoms with Crippen LogP contribution in [0, 0.1) is 5.82 Å². The van der Waals surface area contributed by atoms with Crippen LogP contribution in [-0.2, 0) is 9.47 Å². The fourth-order valence-electron chi connectivity index (χ4n) is 4.76. The molecule has 2 atom stereocenters. The van der Waals surface area contributed by atoms with Crippen LogP contribution < -0.4 is 9.64 Å². The van der Waals surface area contributed by atoms with Gasteiger partial charge in [0.2, 0.25) is 5.88 Å². The van der Waals surface area contributed by atoms with E-state index < -0.39 is 30.1 Å². The first-order valence-electron chi connectivity index (χ1n) is 12.2. The molecule has 2 bridgehead atoms. The van der Waals surface area contributed by atoms with E-state index in [1.165, 1.54) is 18.9 Å². The highest BCUT2D eigenvalue weighted by molar-refractivity contribution is 7.98. The number of hydrogen-bond acceptors (Lipinski definition) is 9. The Morgan fingerprint density at radius 2 is 2.15 bits per heavy atom. The minimum atomic E-state index is -2.66. The Morgan fingerprint density at radius 3 is 2.79 bits per heavy atom. The lowest BCUT2D eigenvalue weighted by molar-refractivity contribution is -0.0261. The number of carbonyl (C=O) groups excluding carboxylic acids is 1. The molecule has 4 heterocycles. The summed E-state index contributed by atoms with van der Waals surface area (Å²) in [5.74, 6) is -0.394. The minimum Gasteiger partial charge on any atom is -0.480 e. The number of halogens is 2. The second-order valence-corrected chi connectivity index (χ2v) is 10.6. The number of piperazine rings is 1. The van der Waals surface area contributed by atoms with Crippen molar-refractivity contribution < 1.29 is 27.5 Å². The van der Waals surface area contributed by atoms with Gasteiger partial charge in [-0.1, -0.05) is 23.4 Å². The number of hydrogen-bond donors (Lipinski definition) is 0. The summed E-state index contributed by atoms with van der Waals surface area (Å²) in [5.41, 5.74) is -1.81. The summed E-state index contributed by atoms with van der Waals surface area (Å²) in [6.45, 7) is 5.55. The first-order chi connectivity index (χ1) is 17.2. The van der Waals surface area contributed by atoms with Gasteiger partial charge in [0.1, 0.15) is 22.3 Å². The maximum Gasteiger partial charge on any atom is 0.411 e. The van der Waals surface area contributed by atoms with E-state index >= 15 is 4.39 Å². The standard InChI is InChI=1S/C22H29ClFN5O4S/c1-21(2,3)33-20(30)29-12-7-8-22(29,11-31-4)10-28(9-12)17-13-15(25-19(27-17)34-6)14(24)16(23)26-18(13)32-5/h12H,7-11H2,1-6H3/t12-,22+/m1/s1/i4D3. The van der Waals surface area contributed by atoms with Gasteiger partial charge < -0.3 is 19.1 Å². The lowest BCUT2D eigenvalue weighted by Gasteiger charge is -2.49. The highest BCUT2D eigenvalue weighted by Crippen LogP contribution is 2.44. The third kappa shape index (κ3) is 4.33. The van der Waals surface area contributed by atoms with Crippen molar-refractivity contribution in [2.75, 3.05) is 45.0 Å². The minimum absolute atomic E-state index is 0.0408. The van der Waals surface area contributed by atoms with Gasteiger partial charge in [-0.05, 0) is 39.9 Å². The zero-order chi connectivity index (χ0) is 27.3. The molecule has 2 saturated heterocycles. The van der Waals surface area contributed by atoms with Crippen LogP contribution in [0.1, 0.15) is 37.7 Å². The van der Waals surface area contributed by atoms with E-state index in [4.69, 9.17) is 29.9 Å². The number of ether oxygens (including phenoxy) is 3. The number of fused-ring (bicyclic) bond motifs is 3. The molecule has 0 aromatic carbocycles. The lowest BCUT2D eigenvalue weighted by Crippen LogP contribution is -2.66. The Labute approximate surface area is 211 Å². The first kappa shape index (κ1) is 21.2. The maximum atomic E-state index is 15.1. The number of pyridine rings is 1. The number of aromatic nitrogens is 3. The number of rotatable bonds is 5. The van der Waals surface area contributed by atoms with Gasteiger partial charge in [-0.3, -0.25) is 4.90 Å². The van der Waals surface area contributed by atoms with E-state index in [1.807, 2.05) is 4.90 Å². The fourth-order valence-corrected chi connectivity index (χ4v) is 5.28. The maximum absolute atomic E-state index is 15.1. The third-order valence-electron chi connectivity index (χ3n) is 6.01. The van der Waals surface area contributed by atoms with Crippen LogP contribution in [0.2, 0.25) is 5.15 Å². The topological polar surface area (TPSA) is 89.9 Å². The normalized spacial score (nSPS) is 24.1. The highest BCUT2D eigenvalue weighted by Gasteiger charge is 2.55. The molecule has 0 N–H and O–H groups in total. The van der Waals surface area contributed by atoms with Crippen LogP contribution in [0.25, 0.3) is 10.9 Å². The largest absolute Gasteiger partial charge is 0.480 e. The summed E-state index contributed by atoms with van der Waals surface area (Å²) in [6.07, 6.45) is 2.29. The lowest BCUT2D eigenvalue weighted by atomic mass is 9.96. The van der Waals surface area contributed by atoms with Crippen LogP contribution in [0.4, 0.5) is 15.0 Å². The molecule has 1 amide bonds. The summed E-state index contributed by atoms with van der Waals surface area (Å²) >= 11 is 7.23. The van der Waals surface area contributed by atoms with Crippen molar-refractivity contribution in [3.63, 3.8) is 0 Å². The van der Waals surface area contributed by atoms with Crippen LogP contribution >= 0.6 is 23.4 Å². The molecular formula is C22H29ClFN5O4S. The molecule has 2 aromatic heterocycles. The molecule has 0 saturated carbocycles. The van der Waals surface area contributed by atoms with Crippen molar-refractivity contribution in [2.24, 2.45) is 0 Å². The van der Waals surface area contributed by atoms with Crippen molar-refractivity contribution in [1.82, 2.24) is 19.9 Å². The molecule has 0 radical (unpaired) electrons. The predicted octanol–water partition coefficient (Wildman–Crippen LogP) is 4.15. The van der Waals surface area contributed by atoms with E-state index in [0.717, 1.165) is 0 Å². The Kier molecular flexibility index (Phi) is 5.71. The molecule has 34 heavy (non-hydrogen) atoms. The molecule has 9 nitrogen and oxygen atoms in total. The molecule has 0 unspecified atom stereocenters. The van der Waals surface area contributed by atoms with E-state index in [0.29, 0.717) is 30.4 Å². The Morgan fingerprint density at radius 1 is 1.38 bits per heavy atom. The molecule has 12 heteroatoms. The van der Waals surface area contributed by atoms with Gasteiger partial charge in [-0.25, -0.2) is 19.2 Å². The third-order valence-corrected chi connectivity index (χ3v) is 6.81. The van der Waals surface area contributed by atoms with Gasteiger partial charge in [-0.15, -0.1) is 0 Å². The van der Waals surface area contributed by atoms with Crippen LogP contribution in [0.3, 0.4) is 0 Å². The number of amides is 1. The van der Waals surface area contributed by atoms with Crippen LogP contribution in [0.15, 0.2) is 5.16 Å². The Hall–Kier alpha value is -2.11. The summed E-state index contributed by atoms with van der Waals surface area (Å²) in [5, 5.41) is 0.165. The summed E-state index contributed by atoms with van der Waals surface area (Å²) < 4.78 is 54.2. The number of carbonyl (C=O) groups is 1. The predicted molar refractivity (Wildman–Crippen MR) is 129 cm³/mol. The second-order valence-electron chi connectivity index (χ2n) is 9.42. The van der Waals surface area contributed by atoms with Crippen molar-refractivity contribution >= 4 is 46.2 Å². The van der Waals surface area contributed by atoms with Gasteiger partial charge >= 0.3 is 6.09 Å². The van der Waals surface area contributed by atoms with Gasteiger partial charge in [0.25, 0.3) is 0 Å². The van der Waals surface area contributed by atoms with Crippen molar-refractivity contribution in [2.45, 2.75) is 56.0 Å². The molecule has 2 aromatic rings. The van der Waals surface area contributed by atoms with E-state index in [-0.39, 0.29) is 41.1 Å². The first-order valence-corrected chi connectivity index (χ1v) is 12.3. The molecule has 0 aliphatic carbocycles. The summed E-state index contributed by atoms with van der Waals surface area (Å²) in [7, 11) is -1.27. The highest BCUT2D eigenvalue weighted by atomic mass is 35.5. The van der Waals surface area contributed by atoms with E-state index in [1.54, 1.807) is 31.9 Å². The number of nitrogens with zero attached hydrogens (tertiary/aromatic N) is 5. The molecule has 2 aliphatic heterocycles. The zero-order valence-corrected chi connectivity index (χ0v) is 21.2. The van der Waals surface area contributed by atoms with Gasteiger partial charge in [0, 0.05) is 20.1 Å². The quantitative estimate of drug-likeness (QED) is 0.330. The van der Waals surface area contributed by atoms with Crippen LogP contribution in [-0.4, -0.2) is 83.2 Å². The fraction of sp³-hybridized carbons (Fsp3) is 0.636. The Balaban J connectivity index is 1.83. The summed E-state index contributed by atoms with van der Waals surface area (Å²) in [4.78, 5) is 29.8. The van der Waals surface area contributed by atoms with Gasteiger partial charge in [-0.2, -0.15) is 4.98 Å². The zero-order valence-electron chi connectivity index (χ0n) is 22.6. The van der Waals surface area contributed by atoms with Crippen molar-refractivity contribution in [1.29, 1.82) is 0 Å². The molecular weight excluding hydrogens is 485 g/mol. The average molecular weight is 517 g/mol. The molecule has 186 valence electrons. The van der Waals surface area contributed by atoms with Gasteiger partial charge in [0.15, 0.2) is 16.1 Å². The Bertz CT molecular complexity index is 1220.